The average molecular weight is 365 g/mol. The predicted octanol–water partition coefficient (Wildman–Crippen LogP) is 2.73. The van der Waals surface area contributed by atoms with Crippen LogP contribution in [0.2, 0.25) is 0 Å². The van der Waals surface area contributed by atoms with Gasteiger partial charge >= 0.3 is 0 Å². The van der Waals surface area contributed by atoms with Gasteiger partial charge < -0.3 is 9.73 Å². The highest BCUT2D eigenvalue weighted by atomic mass is 16.3. The van der Waals surface area contributed by atoms with E-state index in [0.29, 0.717) is 28.4 Å². The zero-order valence-electron chi connectivity index (χ0n) is 15.2. The van der Waals surface area contributed by atoms with Crippen molar-refractivity contribution in [1.29, 1.82) is 0 Å². The molecule has 8 nitrogen and oxygen atoms in total. The van der Waals surface area contributed by atoms with Crippen LogP contribution in [0.4, 0.5) is 5.69 Å². The minimum absolute atomic E-state index is 0.240. The second kappa shape index (κ2) is 7.69. The first-order valence-electron chi connectivity index (χ1n) is 8.24. The highest BCUT2D eigenvalue weighted by Gasteiger charge is 2.11. The van der Waals surface area contributed by atoms with E-state index in [2.05, 4.69) is 20.9 Å². The monoisotopic (exact) mass is 365 g/mol. The lowest BCUT2D eigenvalue weighted by Gasteiger charge is -2.07. The Hall–Kier alpha value is -3.68. The molecule has 0 saturated heterocycles. The standard InChI is InChI=1S/C19H19N5O3/c1-12(22-23-18(25)16-9-11-27-13(16)2)14-4-6-15(7-5-14)21-19(26)17-8-10-20-24(17)3/h4-11H,1-3H3,(H,21,26)(H,23,25). The molecule has 0 aliphatic carbocycles. The van der Waals surface area contributed by atoms with Crippen molar-refractivity contribution < 1.29 is 14.0 Å². The van der Waals surface area contributed by atoms with Crippen LogP contribution in [0.15, 0.2) is 58.4 Å². The molecule has 0 radical (unpaired) electrons. The smallest absolute Gasteiger partial charge is 0.274 e. The van der Waals surface area contributed by atoms with Crippen LogP contribution >= 0.6 is 0 Å². The van der Waals surface area contributed by atoms with E-state index in [1.165, 1.54) is 10.9 Å². The zero-order chi connectivity index (χ0) is 19.4. The van der Waals surface area contributed by atoms with E-state index in [4.69, 9.17) is 4.42 Å². The molecule has 0 aliphatic rings. The summed E-state index contributed by atoms with van der Waals surface area (Å²) in [5, 5.41) is 10.9. The molecule has 0 fully saturated rings. The van der Waals surface area contributed by atoms with Crippen LogP contribution in [0, 0.1) is 6.92 Å². The fourth-order valence-corrected chi connectivity index (χ4v) is 2.47. The highest BCUT2D eigenvalue weighted by molar-refractivity contribution is 6.04. The molecule has 2 N–H and O–H groups in total. The van der Waals surface area contributed by atoms with Crippen molar-refractivity contribution in [2.24, 2.45) is 12.1 Å². The van der Waals surface area contributed by atoms with Gasteiger partial charge in [-0.15, -0.1) is 0 Å². The van der Waals surface area contributed by atoms with Crippen molar-refractivity contribution >= 4 is 23.2 Å². The Kier molecular flexibility index (Phi) is 5.16. The first kappa shape index (κ1) is 18.1. The molecule has 138 valence electrons. The maximum atomic E-state index is 12.2. The van der Waals surface area contributed by atoms with Gasteiger partial charge in [0.2, 0.25) is 0 Å². The summed E-state index contributed by atoms with van der Waals surface area (Å²) in [7, 11) is 1.71. The number of rotatable bonds is 5. The van der Waals surface area contributed by atoms with Crippen molar-refractivity contribution in [3.8, 4) is 0 Å². The van der Waals surface area contributed by atoms with Gasteiger partial charge in [0.15, 0.2) is 0 Å². The lowest BCUT2D eigenvalue weighted by molar-refractivity contribution is 0.0952. The number of benzene rings is 1. The van der Waals surface area contributed by atoms with E-state index in [-0.39, 0.29) is 11.8 Å². The predicted molar refractivity (Wildman–Crippen MR) is 101 cm³/mol. The third-order valence-electron chi connectivity index (χ3n) is 4.04. The molecule has 0 atom stereocenters. The SMILES string of the molecule is CC(=NNC(=O)c1ccoc1C)c1ccc(NC(=O)c2ccnn2C)cc1. The van der Waals surface area contributed by atoms with Crippen LogP contribution in [0.1, 0.15) is 39.1 Å². The molecule has 0 saturated carbocycles. The molecule has 0 spiro atoms. The molecule has 0 aliphatic heterocycles. The number of hydrogen-bond acceptors (Lipinski definition) is 5. The molecule has 8 heteroatoms. The number of amides is 2. The van der Waals surface area contributed by atoms with E-state index in [0.717, 1.165) is 5.56 Å². The number of carbonyl (C=O) groups is 2. The van der Waals surface area contributed by atoms with Gasteiger partial charge in [-0.05, 0) is 43.7 Å². The minimum atomic E-state index is -0.333. The summed E-state index contributed by atoms with van der Waals surface area (Å²) < 4.78 is 6.61. The van der Waals surface area contributed by atoms with Gasteiger partial charge in [0.05, 0.1) is 17.5 Å². The maximum Gasteiger partial charge on any atom is 0.274 e. The van der Waals surface area contributed by atoms with Gasteiger partial charge in [0.1, 0.15) is 11.5 Å². The summed E-state index contributed by atoms with van der Waals surface area (Å²) in [6.07, 6.45) is 3.02. The van der Waals surface area contributed by atoms with Gasteiger partial charge in [0, 0.05) is 18.9 Å². The summed E-state index contributed by atoms with van der Waals surface area (Å²) in [6, 6.07) is 10.4. The van der Waals surface area contributed by atoms with E-state index < -0.39 is 0 Å². The van der Waals surface area contributed by atoms with Gasteiger partial charge in [-0.25, -0.2) is 5.43 Å². The second-order valence-electron chi connectivity index (χ2n) is 5.90. The van der Waals surface area contributed by atoms with Crippen LogP contribution < -0.4 is 10.7 Å². The maximum absolute atomic E-state index is 12.2. The summed E-state index contributed by atoms with van der Waals surface area (Å²) in [5.41, 5.74) is 5.52. The summed E-state index contributed by atoms with van der Waals surface area (Å²) >= 11 is 0. The molecular weight excluding hydrogens is 346 g/mol. The fourth-order valence-electron chi connectivity index (χ4n) is 2.47. The molecule has 2 aromatic heterocycles. The zero-order valence-corrected chi connectivity index (χ0v) is 15.2. The lowest BCUT2D eigenvalue weighted by Crippen LogP contribution is -2.19. The number of hydrazone groups is 1. The fraction of sp³-hybridized carbons (Fsp3) is 0.158. The molecule has 3 aromatic rings. The van der Waals surface area contributed by atoms with Crippen molar-refractivity contribution in [2.45, 2.75) is 13.8 Å². The van der Waals surface area contributed by atoms with Gasteiger partial charge in [0.25, 0.3) is 11.8 Å². The number of hydrogen-bond donors (Lipinski definition) is 2. The van der Waals surface area contributed by atoms with E-state index in [9.17, 15) is 9.59 Å². The third-order valence-corrected chi connectivity index (χ3v) is 4.04. The van der Waals surface area contributed by atoms with Gasteiger partial charge in [-0.1, -0.05) is 12.1 Å². The van der Waals surface area contributed by atoms with Crippen LogP contribution in [0.3, 0.4) is 0 Å². The number of nitrogens with one attached hydrogen (secondary N) is 2. The van der Waals surface area contributed by atoms with Gasteiger partial charge in [-0.3, -0.25) is 14.3 Å². The minimum Gasteiger partial charge on any atom is -0.469 e. The number of aryl methyl sites for hydroxylation is 2. The Bertz CT molecular complexity index is 999. The van der Waals surface area contributed by atoms with Crippen molar-refractivity contribution in [2.75, 3.05) is 5.32 Å². The molecule has 2 heterocycles. The normalized spacial score (nSPS) is 11.3. The Balaban J connectivity index is 1.64. The second-order valence-corrected chi connectivity index (χ2v) is 5.90. The first-order chi connectivity index (χ1) is 13.0. The molecule has 2 amide bonds. The summed E-state index contributed by atoms with van der Waals surface area (Å²) in [6.45, 7) is 3.50. The molecular formula is C19H19N5O3. The summed E-state index contributed by atoms with van der Waals surface area (Å²) in [5.74, 6) is -0.0367. The van der Waals surface area contributed by atoms with Gasteiger partial charge in [-0.2, -0.15) is 10.2 Å². The van der Waals surface area contributed by atoms with Crippen LogP contribution in [0.25, 0.3) is 0 Å². The van der Waals surface area contributed by atoms with E-state index in [1.807, 2.05) is 12.1 Å². The largest absolute Gasteiger partial charge is 0.469 e. The van der Waals surface area contributed by atoms with E-state index >= 15 is 0 Å². The number of nitrogens with zero attached hydrogens (tertiary/aromatic N) is 3. The Morgan fingerprint density at radius 1 is 1.11 bits per heavy atom. The average Bonchev–Trinajstić information content (AvgIpc) is 3.28. The number of furan rings is 1. The molecule has 3 rings (SSSR count). The number of aromatic nitrogens is 2. The van der Waals surface area contributed by atoms with Crippen molar-refractivity contribution in [3.05, 3.63) is 71.4 Å². The Morgan fingerprint density at radius 2 is 1.85 bits per heavy atom. The Morgan fingerprint density at radius 3 is 2.44 bits per heavy atom. The quantitative estimate of drug-likeness (QED) is 0.536. The van der Waals surface area contributed by atoms with Crippen LogP contribution in [-0.4, -0.2) is 27.3 Å². The lowest BCUT2D eigenvalue weighted by atomic mass is 10.1. The van der Waals surface area contributed by atoms with Crippen LogP contribution in [-0.2, 0) is 7.05 Å². The number of carbonyl (C=O) groups excluding carboxylic acids is 2. The molecule has 0 bridgehead atoms. The molecule has 0 unspecified atom stereocenters. The first-order valence-corrected chi connectivity index (χ1v) is 8.24. The summed E-state index contributed by atoms with van der Waals surface area (Å²) in [4.78, 5) is 24.2. The highest BCUT2D eigenvalue weighted by Crippen LogP contribution is 2.12. The van der Waals surface area contributed by atoms with E-state index in [1.54, 1.807) is 51.4 Å². The molecule has 1 aromatic carbocycles. The number of anilines is 1. The van der Waals surface area contributed by atoms with Crippen molar-refractivity contribution in [3.63, 3.8) is 0 Å². The third kappa shape index (κ3) is 4.12. The molecule has 27 heavy (non-hydrogen) atoms. The topological polar surface area (TPSA) is 102 Å². The Labute approximate surface area is 155 Å². The van der Waals surface area contributed by atoms with Crippen LogP contribution in [0.5, 0.6) is 0 Å². The van der Waals surface area contributed by atoms with Crippen molar-refractivity contribution in [1.82, 2.24) is 15.2 Å².